The number of benzene rings is 1. The third-order valence-corrected chi connectivity index (χ3v) is 5.16. The van der Waals surface area contributed by atoms with Crippen molar-refractivity contribution in [2.24, 2.45) is 4.99 Å². The average molecular weight is 411 g/mol. The van der Waals surface area contributed by atoms with Crippen LogP contribution in [0.3, 0.4) is 0 Å². The predicted octanol–water partition coefficient (Wildman–Crippen LogP) is 4.61. The number of carbonyl (C=O) groups excluding carboxylic acids is 1. The van der Waals surface area contributed by atoms with Crippen LogP contribution in [0.4, 0.5) is 4.39 Å². The zero-order valence-corrected chi connectivity index (χ0v) is 16.8. The molecule has 1 aliphatic rings. The van der Waals surface area contributed by atoms with Crippen molar-refractivity contribution in [1.82, 2.24) is 10.3 Å². The summed E-state index contributed by atoms with van der Waals surface area (Å²) >= 11 is 1.24. The van der Waals surface area contributed by atoms with Gasteiger partial charge >= 0.3 is 0 Å². The molecule has 0 saturated heterocycles. The van der Waals surface area contributed by atoms with Crippen LogP contribution in [0.1, 0.15) is 19.6 Å². The van der Waals surface area contributed by atoms with E-state index in [1.165, 1.54) is 17.8 Å². The zero-order chi connectivity index (χ0) is 20.5. The SMILES string of the molecule is CNC1=NC(=O)C(=Cc2cc3cncc(-c4ccc(OC(C)C)c(F)c4)c3o2)S1. The summed E-state index contributed by atoms with van der Waals surface area (Å²) in [6.07, 6.45) is 4.81. The summed E-state index contributed by atoms with van der Waals surface area (Å²) < 4.78 is 25.9. The molecule has 1 aromatic carbocycles. The van der Waals surface area contributed by atoms with Gasteiger partial charge in [0.1, 0.15) is 11.3 Å². The lowest BCUT2D eigenvalue weighted by Crippen LogP contribution is -2.10. The van der Waals surface area contributed by atoms with Crippen LogP contribution >= 0.6 is 11.8 Å². The van der Waals surface area contributed by atoms with E-state index in [2.05, 4.69) is 15.3 Å². The van der Waals surface area contributed by atoms with Crippen molar-refractivity contribution in [3.63, 3.8) is 0 Å². The molecule has 1 N–H and O–H groups in total. The Labute approximate surface area is 170 Å². The molecule has 8 heteroatoms. The van der Waals surface area contributed by atoms with E-state index >= 15 is 0 Å². The summed E-state index contributed by atoms with van der Waals surface area (Å²) in [7, 11) is 1.71. The zero-order valence-electron chi connectivity index (χ0n) is 16.0. The Morgan fingerprint density at radius 1 is 1.28 bits per heavy atom. The second-order valence-corrected chi connectivity index (χ2v) is 7.68. The highest BCUT2D eigenvalue weighted by Gasteiger charge is 2.22. The third-order valence-electron chi connectivity index (χ3n) is 4.16. The van der Waals surface area contributed by atoms with E-state index in [0.29, 0.717) is 32.5 Å². The fourth-order valence-electron chi connectivity index (χ4n) is 2.92. The molecule has 1 amide bonds. The second-order valence-electron chi connectivity index (χ2n) is 6.65. The van der Waals surface area contributed by atoms with E-state index < -0.39 is 5.82 Å². The Hall–Kier alpha value is -3.13. The summed E-state index contributed by atoms with van der Waals surface area (Å²) in [6.45, 7) is 3.68. The standard InChI is InChI=1S/C21H18FN3O3S/c1-11(2)27-17-5-4-12(7-16(17)22)15-10-24-9-13-6-14(28-19(13)15)8-18-20(26)25-21(23-3)29-18/h4-11H,1-3H3,(H,23,25,26). The lowest BCUT2D eigenvalue weighted by molar-refractivity contribution is -0.113. The Morgan fingerprint density at radius 2 is 2.10 bits per heavy atom. The first kappa shape index (κ1) is 19.2. The van der Waals surface area contributed by atoms with Crippen molar-refractivity contribution in [3.05, 3.63) is 53.1 Å². The number of halogens is 1. The van der Waals surface area contributed by atoms with E-state index in [0.717, 1.165) is 5.39 Å². The molecule has 0 saturated carbocycles. The summed E-state index contributed by atoms with van der Waals surface area (Å²) in [4.78, 5) is 20.6. The van der Waals surface area contributed by atoms with Gasteiger partial charge in [0.05, 0.1) is 11.0 Å². The quantitative estimate of drug-likeness (QED) is 0.632. The number of carbonyl (C=O) groups is 1. The molecule has 0 bridgehead atoms. The number of rotatable bonds is 4. The number of nitrogens with one attached hydrogen (secondary N) is 1. The van der Waals surface area contributed by atoms with Gasteiger partial charge in [0.2, 0.25) is 0 Å². The monoisotopic (exact) mass is 411 g/mol. The van der Waals surface area contributed by atoms with Gasteiger partial charge in [0.15, 0.2) is 16.7 Å². The van der Waals surface area contributed by atoms with Gasteiger partial charge < -0.3 is 14.5 Å². The number of ether oxygens (including phenoxy) is 1. The highest BCUT2D eigenvalue weighted by atomic mass is 32.2. The molecule has 148 valence electrons. The fraction of sp³-hybridized carbons (Fsp3) is 0.190. The van der Waals surface area contributed by atoms with Gasteiger partial charge in [-0.2, -0.15) is 4.99 Å². The van der Waals surface area contributed by atoms with E-state index in [9.17, 15) is 9.18 Å². The molecule has 0 fully saturated rings. The first-order valence-electron chi connectivity index (χ1n) is 8.99. The number of amidine groups is 1. The van der Waals surface area contributed by atoms with Crippen LogP contribution in [-0.2, 0) is 4.79 Å². The molecule has 3 aromatic rings. The maximum Gasteiger partial charge on any atom is 0.286 e. The average Bonchev–Trinajstić information content (AvgIpc) is 3.26. The van der Waals surface area contributed by atoms with Crippen molar-refractivity contribution < 1.29 is 18.3 Å². The first-order valence-corrected chi connectivity index (χ1v) is 9.80. The predicted molar refractivity (Wildman–Crippen MR) is 112 cm³/mol. The first-order chi connectivity index (χ1) is 13.9. The van der Waals surface area contributed by atoms with Crippen molar-refractivity contribution in [2.75, 3.05) is 7.05 Å². The van der Waals surface area contributed by atoms with Crippen molar-refractivity contribution in [3.8, 4) is 16.9 Å². The van der Waals surface area contributed by atoms with Crippen LogP contribution in [0.2, 0.25) is 0 Å². The topological polar surface area (TPSA) is 76.7 Å². The molecule has 4 rings (SSSR count). The van der Waals surface area contributed by atoms with E-state index in [1.54, 1.807) is 43.7 Å². The summed E-state index contributed by atoms with van der Waals surface area (Å²) in [5.41, 5.74) is 1.84. The van der Waals surface area contributed by atoms with Crippen molar-refractivity contribution >= 4 is 39.9 Å². The van der Waals surface area contributed by atoms with Crippen LogP contribution < -0.4 is 10.1 Å². The number of fused-ring (bicyclic) bond motifs is 1. The van der Waals surface area contributed by atoms with Gasteiger partial charge in [-0.05, 0) is 49.4 Å². The number of thioether (sulfide) groups is 1. The highest BCUT2D eigenvalue weighted by molar-refractivity contribution is 8.18. The lowest BCUT2D eigenvalue weighted by atomic mass is 10.1. The Bertz CT molecular complexity index is 1170. The van der Waals surface area contributed by atoms with Gasteiger partial charge in [-0.15, -0.1) is 0 Å². The molecular weight excluding hydrogens is 393 g/mol. The van der Waals surface area contributed by atoms with Crippen molar-refractivity contribution in [1.29, 1.82) is 0 Å². The molecule has 29 heavy (non-hydrogen) atoms. The third kappa shape index (κ3) is 3.88. The maximum absolute atomic E-state index is 14.4. The number of amides is 1. The van der Waals surface area contributed by atoms with Gasteiger partial charge in [0, 0.05) is 36.5 Å². The van der Waals surface area contributed by atoms with Crippen LogP contribution in [0.15, 0.2) is 51.0 Å². The second kappa shape index (κ2) is 7.71. The Morgan fingerprint density at radius 3 is 2.79 bits per heavy atom. The number of hydrogen-bond donors (Lipinski definition) is 1. The van der Waals surface area contributed by atoms with Gasteiger partial charge in [-0.1, -0.05) is 6.07 Å². The summed E-state index contributed by atoms with van der Waals surface area (Å²) in [5, 5.41) is 4.15. The highest BCUT2D eigenvalue weighted by Crippen LogP contribution is 2.34. The number of furan rings is 1. The minimum Gasteiger partial charge on any atom is -0.488 e. The van der Waals surface area contributed by atoms with Gasteiger partial charge in [0.25, 0.3) is 5.91 Å². The molecule has 0 radical (unpaired) electrons. The van der Waals surface area contributed by atoms with Crippen LogP contribution in [0, 0.1) is 5.82 Å². The van der Waals surface area contributed by atoms with E-state index in [4.69, 9.17) is 9.15 Å². The maximum atomic E-state index is 14.4. The molecular formula is C21H18FN3O3S. The number of pyridine rings is 1. The summed E-state index contributed by atoms with van der Waals surface area (Å²) in [6, 6.07) is 6.55. The fourth-order valence-corrected chi connectivity index (χ4v) is 3.67. The summed E-state index contributed by atoms with van der Waals surface area (Å²) in [5.74, 6) is -0.0727. The van der Waals surface area contributed by atoms with Crippen molar-refractivity contribution in [2.45, 2.75) is 20.0 Å². The number of hydrogen-bond acceptors (Lipinski definition) is 6. The van der Waals surface area contributed by atoms with E-state index in [-0.39, 0.29) is 17.8 Å². The van der Waals surface area contributed by atoms with Crippen LogP contribution in [0.25, 0.3) is 28.2 Å². The molecule has 0 unspecified atom stereocenters. The smallest absolute Gasteiger partial charge is 0.286 e. The van der Waals surface area contributed by atoms with Gasteiger partial charge in [-0.25, -0.2) is 4.39 Å². The molecule has 6 nitrogen and oxygen atoms in total. The lowest BCUT2D eigenvalue weighted by Gasteiger charge is -2.11. The molecule has 0 spiro atoms. The number of aromatic nitrogens is 1. The Kier molecular flexibility index (Phi) is 5.10. The molecule has 0 atom stereocenters. The normalized spacial score (nSPS) is 15.4. The number of nitrogens with zero attached hydrogens (tertiary/aromatic N) is 2. The largest absolute Gasteiger partial charge is 0.488 e. The minimum absolute atomic E-state index is 0.121. The molecule has 2 aromatic heterocycles. The van der Waals surface area contributed by atoms with Crippen LogP contribution in [-0.4, -0.2) is 29.2 Å². The minimum atomic E-state index is -0.452. The molecule has 0 aliphatic carbocycles. The molecule has 1 aliphatic heterocycles. The van der Waals surface area contributed by atoms with Gasteiger partial charge in [-0.3, -0.25) is 9.78 Å². The number of aliphatic imine (C=N–C) groups is 1. The Balaban J connectivity index is 1.71. The van der Waals surface area contributed by atoms with Crippen LogP contribution in [0.5, 0.6) is 5.75 Å². The molecule has 3 heterocycles. The van der Waals surface area contributed by atoms with E-state index in [1.807, 2.05) is 13.8 Å².